The van der Waals surface area contributed by atoms with Crippen LogP contribution in [0, 0.1) is 0 Å². The highest BCUT2D eigenvalue weighted by Crippen LogP contribution is 2.27. The lowest BCUT2D eigenvalue weighted by atomic mass is 10.0. The third-order valence-corrected chi connectivity index (χ3v) is 5.09. The van der Waals surface area contributed by atoms with Crippen LogP contribution in [0.15, 0.2) is 24.3 Å². The van der Waals surface area contributed by atoms with Crippen LogP contribution in [0.2, 0.25) is 0 Å². The van der Waals surface area contributed by atoms with E-state index < -0.39 is 0 Å². The molecule has 2 aliphatic rings. The second-order valence-corrected chi connectivity index (χ2v) is 6.73. The highest BCUT2D eigenvalue weighted by molar-refractivity contribution is 5.96. The highest BCUT2D eigenvalue weighted by atomic mass is 35.5. The second-order valence-electron chi connectivity index (χ2n) is 6.73. The van der Waals surface area contributed by atoms with E-state index in [2.05, 4.69) is 35.3 Å². The molecule has 1 N–H and O–H groups in total. The molecule has 1 aromatic rings. The van der Waals surface area contributed by atoms with Crippen LogP contribution in [-0.4, -0.2) is 49.6 Å². The maximum Gasteiger partial charge on any atom is 0.241 e. The molecule has 0 aromatic heterocycles. The van der Waals surface area contributed by atoms with Crippen LogP contribution in [0.5, 0.6) is 0 Å². The van der Waals surface area contributed by atoms with Crippen LogP contribution < -0.4 is 10.2 Å². The van der Waals surface area contributed by atoms with Crippen molar-refractivity contribution in [3.63, 3.8) is 0 Å². The number of halogens is 1. The summed E-state index contributed by atoms with van der Waals surface area (Å²) < 4.78 is 0. The Morgan fingerprint density at radius 2 is 2.04 bits per heavy atom. The molecule has 1 aromatic carbocycles. The highest BCUT2D eigenvalue weighted by Gasteiger charge is 2.27. The van der Waals surface area contributed by atoms with Gasteiger partial charge in [-0.25, -0.2) is 0 Å². The molecule has 1 fully saturated rings. The number of benzene rings is 1. The van der Waals surface area contributed by atoms with Gasteiger partial charge in [-0.3, -0.25) is 9.69 Å². The molecule has 0 aliphatic carbocycles. The second kappa shape index (κ2) is 9.40. The molecule has 1 saturated heterocycles. The number of carbonyl (C=O) groups is 1. The van der Waals surface area contributed by atoms with Crippen molar-refractivity contribution in [2.24, 2.45) is 0 Å². The zero-order valence-corrected chi connectivity index (χ0v) is 15.5. The first kappa shape index (κ1) is 19.2. The minimum Gasteiger partial charge on any atom is -0.317 e. The van der Waals surface area contributed by atoms with E-state index in [9.17, 15) is 4.79 Å². The summed E-state index contributed by atoms with van der Waals surface area (Å²) in [6.07, 6.45) is 5.58. The van der Waals surface area contributed by atoms with Crippen molar-refractivity contribution in [2.45, 2.75) is 45.1 Å². The molecule has 0 unspecified atom stereocenters. The lowest BCUT2D eigenvalue weighted by Crippen LogP contribution is -2.49. The average molecular weight is 352 g/mol. The Labute approximate surface area is 152 Å². The van der Waals surface area contributed by atoms with Crippen LogP contribution in [0.4, 0.5) is 5.69 Å². The number of fused-ring (bicyclic) bond motifs is 1. The SMILES string of the molecule is CCCN(CC(=O)N1CCCc2ccccc21)C1CCNCC1.Cl. The smallest absolute Gasteiger partial charge is 0.241 e. The van der Waals surface area contributed by atoms with Gasteiger partial charge >= 0.3 is 0 Å². The summed E-state index contributed by atoms with van der Waals surface area (Å²) >= 11 is 0. The van der Waals surface area contributed by atoms with E-state index in [-0.39, 0.29) is 18.3 Å². The summed E-state index contributed by atoms with van der Waals surface area (Å²) in [4.78, 5) is 17.4. The normalized spacial score (nSPS) is 18.2. The van der Waals surface area contributed by atoms with Crippen molar-refractivity contribution in [1.82, 2.24) is 10.2 Å². The van der Waals surface area contributed by atoms with Gasteiger partial charge in [0.15, 0.2) is 0 Å². The third-order valence-electron chi connectivity index (χ3n) is 5.09. The fourth-order valence-electron chi connectivity index (χ4n) is 3.90. The van der Waals surface area contributed by atoms with E-state index >= 15 is 0 Å². The lowest BCUT2D eigenvalue weighted by Gasteiger charge is -2.36. The van der Waals surface area contributed by atoms with Crippen LogP contribution in [0.1, 0.15) is 38.2 Å². The Hall–Kier alpha value is -1.10. The molecule has 5 heteroatoms. The first-order valence-electron chi connectivity index (χ1n) is 9.12. The van der Waals surface area contributed by atoms with Crippen LogP contribution >= 0.6 is 12.4 Å². The van der Waals surface area contributed by atoms with E-state index in [1.807, 2.05) is 11.0 Å². The molecule has 2 aliphatic heterocycles. The van der Waals surface area contributed by atoms with E-state index in [1.54, 1.807) is 0 Å². The van der Waals surface area contributed by atoms with Gasteiger partial charge in [-0.1, -0.05) is 25.1 Å². The number of nitrogens with one attached hydrogen (secondary N) is 1. The fourth-order valence-corrected chi connectivity index (χ4v) is 3.90. The Morgan fingerprint density at radius 3 is 2.79 bits per heavy atom. The molecule has 0 saturated carbocycles. The van der Waals surface area contributed by atoms with E-state index in [4.69, 9.17) is 0 Å². The summed E-state index contributed by atoms with van der Waals surface area (Å²) in [5.74, 6) is 0.268. The molecular weight excluding hydrogens is 322 g/mol. The van der Waals surface area contributed by atoms with Gasteiger partial charge in [0, 0.05) is 18.3 Å². The van der Waals surface area contributed by atoms with E-state index in [0.717, 1.165) is 64.0 Å². The molecule has 0 bridgehead atoms. The Balaban J connectivity index is 0.00000208. The van der Waals surface area contributed by atoms with Crippen LogP contribution in [0.3, 0.4) is 0 Å². The maximum absolute atomic E-state index is 13.0. The molecular formula is C19H30ClN3O. The zero-order valence-electron chi connectivity index (χ0n) is 14.7. The third kappa shape index (κ3) is 4.50. The zero-order chi connectivity index (χ0) is 16.1. The fraction of sp³-hybridized carbons (Fsp3) is 0.632. The number of hydrogen-bond acceptors (Lipinski definition) is 3. The molecule has 0 atom stereocenters. The first-order chi connectivity index (χ1) is 11.3. The molecule has 2 heterocycles. The number of aryl methyl sites for hydroxylation is 1. The minimum atomic E-state index is 0. The van der Waals surface area contributed by atoms with Crippen LogP contribution in [0.25, 0.3) is 0 Å². The van der Waals surface area contributed by atoms with Gasteiger partial charge in [-0.05, 0) is 63.4 Å². The van der Waals surface area contributed by atoms with Gasteiger partial charge in [0.05, 0.1) is 6.54 Å². The number of rotatable bonds is 5. The molecule has 134 valence electrons. The van der Waals surface area contributed by atoms with Gasteiger partial charge < -0.3 is 10.2 Å². The predicted molar refractivity (Wildman–Crippen MR) is 102 cm³/mol. The van der Waals surface area contributed by atoms with Crippen molar-refractivity contribution in [3.05, 3.63) is 29.8 Å². The largest absolute Gasteiger partial charge is 0.317 e. The number of para-hydroxylation sites is 1. The number of piperidine rings is 1. The number of carbonyl (C=O) groups excluding carboxylic acids is 1. The van der Waals surface area contributed by atoms with E-state index in [1.165, 1.54) is 5.56 Å². The summed E-state index contributed by atoms with van der Waals surface area (Å²) in [6.45, 7) is 6.80. The van der Waals surface area contributed by atoms with Gasteiger partial charge in [0.25, 0.3) is 0 Å². The summed E-state index contributed by atoms with van der Waals surface area (Å²) in [5, 5.41) is 3.42. The molecule has 1 amide bonds. The van der Waals surface area contributed by atoms with E-state index in [0.29, 0.717) is 12.6 Å². The van der Waals surface area contributed by atoms with Crippen molar-refractivity contribution in [3.8, 4) is 0 Å². The van der Waals surface area contributed by atoms with Crippen LogP contribution in [-0.2, 0) is 11.2 Å². The summed E-state index contributed by atoms with van der Waals surface area (Å²) in [7, 11) is 0. The Bertz CT molecular complexity index is 531. The van der Waals surface area contributed by atoms with Gasteiger partial charge in [-0.2, -0.15) is 0 Å². The number of amides is 1. The van der Waals surface area contributed by atoms with Crippen molar-refractivity contribution in [1.29, 1.82) is 0 Å². The lowest BCUT2D eigenvalue weighted by molar-refractivity contribution is -0.120. The number of nitrogens with zero attached hydrogens (tertiary/aromatic N) is 2. The van der Waals surface area contributed by atoms with Gasteiger partial charge in [-0.15, -0.1) is 12.4 Å². The number of anilines is 1. The average Bonchev–Trinajstić information content (AvgIpc) is 2.61. The Morgan fingerprint density at radius 1 is 1.29 bits per heavy atom. The quantitative estimate of drug-likeness (QED) is 0.886. The molecule has 4 nitrogen and oxygen atoms in total. The molecule has 0 radical (unpaired) electrons. The Kier molecular flexibility index (Phi) is 7.53. The van der Waals surface area contributed by atoms with Crippen molar-refractivity contribution < 1.29 is 4.79 Å². The van der Waals surface area contributed by atoms with Crippen molar-refractivity contribution in [2.75, 3.05) is 37.6 Å². The molecule has 3 rings (SSSR count). The minimum absolute atomic E-state index is 0. The maximum atomic E-state index is 13.0. The topological polar surface area (TPSA) is 35.6 Å². The van der Waals surface area contributed by atoms with Crippen molar-refractivity contribution >= 4 is 24.0 Å². The molecule has 24 heavy (non-hydrogen) atoms. The predicted octanol–water partition coefficient (Wildman–Crippen LogP) is 2.85. The summed E-state index contributed by atoms with van der Waals surface area (Å²) in [6, 6.07) is 8.93. The van der Waals surface area contributed by atoms with Gasteiger partial charge in [0.2, 0.25) is 5.91 Å². The monoisotopic (exact) mass is 351 g/mol. The standard InChI is InChI=1S/C19H29N3O.ClH/c1-2-13-21(17-9-11-20-12-10-17)15-19(23)22-14-5-7-16-6-3-4-8-18(16)22;/h3-4,6,8,17,20H,2,5,7,9-15H2,1H3;1H. The van der Waals surface area contributed by atoms with Gasteiger partial charge in [0.1, 0.15) is 0 Å². The molecule has 0 spiro atoms. The first-order valence-corrected chi connectivity index (χ1v) is 9.12. The summed E-state index contributed by atoms with van der Waals surface area (Å²) in [5.41, 5.74) is 2.45. The number of hydrogen-bond donors (Lipinski definition) is 1.